The number of carbonyl (C=O) groups excluding carboxylic acids is 1. The Morgan fingerprint density at radius 3 is 2.43 bits per heavy atom. The van der Waals surface area contributed by atoms with E-state index >= 15 is 0 Å². The molecule has 3 N–H and O–H groups in total. The molecule has 0 heterocycles. The summed E-state index contributed by atoms with van der Waals surface area (Å²) < 4.78 is 28.8. The number of aliphatic hydroxyl groups excluding tert-OH is 1. The van der Waals surface area contributed by atoms with Gasteiger partial charge in [0.2, 0.25) is 0 Å². The molecule has 28 heavy (non-hydrogen) atoms. The molecule has 0 aromatic heterocycles. The van der Waals surface area contributed by atoms with Crippen molar-refractivity contribution >= 4 is 23.0 Å². The van der Waals surface area contributed by atoms with Gasteiger partial charge in [-0.2, -0.15) is 8.78 Å². The van der Waals surface area contributed by atoms with Crippen molar-refractivity contribution in [1.82, 2.24) is 0 Å². The summed E-state index contributed by atoms with van der Waals surface area (Å²) in [7, 11) is 0. The number of carbonyl (C=O) groups is 1. The van der Waals surface area contributed by atoms with E-state index in [-0.39, 0.29) is 18.3 Å². The first-order valence-electron chi connectivity index (χ1n) is 8.47. The minimum absolute atomic E-state index is 0.0512. The van der Waals surface area contributed by atoms with Crippen molar-refractivity contribution in [3.63, 3.8) is 0 Å². The van der Waals surface area contributed by atoms with Gasteiger partial charge in [0.1, 0.15) is 5.75 Å². The summed E-state index contributed by atoms with van der Waals surface area (Å²) in [4.78, 5) is 12.7. The predicted molar refractivity (Wildman–Crippen MR) is 103 cm³/mol. The highest BCUT2D eigenvalue weighted by molar-refractivity contribution is 6.08. The van der Waals surface area contributed by atoms with Crippen molar-refractivity contribution in [1.29, 1.82) is 0 Å². The van der Waals surface area contributed by atoms with E-state index in [2.05, 4.69) is 15.4 Å². The number of hydrogen-bond donors (Lipinski definition) is 3. The molecule has 0 aliphatic heterocycles. The first kappa shape index (κ1) is 19.3. The molecule has 1 amide bonds. The standard InChI is InChI=1S/C21H18F2N2O3/c22-21(23)28-17-10-8-15(9-11-17)24-19-7-2-1-6-18(19)20(27)25-16-5-3-4-14(12-16)13-26/h1-12,21,24,26H,13H2,(H,25,27). The van der Waals surface area contributed by atoms with Gasteiger partial charge in [0.15, 0.2) is 0 Å². The van der Waals surface area contributed by atoms with E-state index in [1.54, 1.807) is 60.7 Å². The molecule has 0 fully saturated rings. The second-order valence-corrected chi connectivity index (χ2v) is 5.89. The Balaban J connectivity index is 1.76. The highest BCUT2D eigenvalue weighted by Crippen LogP contribution is 2.24. The van der Waals surface area contributed by atoms with Crippen molar-refractivity contribution < 1.29 is 23.4 Å². The summed E-state index contributed by atoms with van der Waals surface area (Å²) in [5.74, 6) is -0.272. The van der Waals surface area contributed by atoms with Crippen molar-refractivity contribution in [2.75, 3.05) is 10.6 Å². The van der Waals surface area contributed by atoms with Gasteiger partial charge < -0.3 is 20.5 Å². The molecule has 3 rings (SSSR count). The fourth-order valence-electron chi connectivity index (χ4n) is 2.61. The molecule has 0 unspecified atom stereocenters. The first-order chi connectivity index (χ1) is 13.5. The van der Waals surface area contributed by atoms with Crippen LogP contribution in [0.5, 0.6) is 5.75 Å². The number of hydrogen-bond acceptors (Lipinski definition) is 4. The predicted octanol–water partition coefficient (Wildman–Crippen LogP) is 4.78. The maximum Gasteiger partial charge on any atom is 0.387 e. The van der Waals surface area contributed by atoms with Crippen LogP contribution in [0.3, 0.4) is 0 Å². The van der Waals surface area contributed by atoms with Gasteiger partial charge in [-0.3, -0.25) is 4.79 Å². The molecule has 5 nitrogen and oxygen atoms in total. The number of benzene rings is 3. The lowest BCUT2D eigenvalue weighted by Crippen LogP contribution is -2.14. The SMILES string of the molecule is O=C(Nc1cccc(CO)c1)c1ccccc1Nc1ccc(OC(F)F)cc1. The summed E-state index contributed by atoms with van der Waals surface area (Å²) in [6, 6.07) is 19.8. The summed E-state index contributed by atoms with van der Waals surface area (Å²) in [6.07, 6.45) is 0. The molecular formula is C21H18F2N2O3. The third-order valence-electron chi connectivity index (χ3n) is 3.90. The zero-order valence-electron chi connectivity index (χ0n) is 14.7. The van der Waals surface area contributed by atoms with Crippen LogP contribution in [0.2, 0.25) is 0 Å². The Morgan fingerprint density at radius 2 is 1.71 bits per heavy atom. The van der Waals surface area contributed by atoms with Crippen LogP contribution in [0.15, 0.2) is 72.8 Å². The minimum atomic E-state index is -2.88. The number of amides is 1. The van der Waals surface area contributed by atoms with E-state index in [0.717, 1.165) is 0 Å². The highest BCUT2D eigenvalue weighted by Gasteiger charge is 2.12. The normalized spacial score (nSPS) is 10.6. The molecule has 3 aromatic rings. The van der Waals surface area contributed by atoms with Gasteiger partial charge in [-0.25, -0.2) is 0 Å². The molecule has 144 valence electrons. The summed E-state index contributed by atoms with van der Waals surface area (Å²) in [6.45, 7) is -3.00. The molecule has 0 aliphatic rings. The average Bonchev–Trinajstić information content (AvgIpc) is 2.69. The number of alkyl halides is 2. The first-order valence-corrected chi connectivity index (χ1v) is 8.47. The van der Waals surface area contributed by atoms with Crippen molar-refractivity contribution in [2.45, 2.75) is 13.2 Å². The Morgan fingerprint density at radius 1 is 0.964 bits per heavy atom. The van der Waals surface area contributed by atoms with Crippen LogP contribution in [-0.2, 0) is 6.61 Å². The molecule has 3 aromatic carbocycles. The van der Waals surface area contributed by atoms with Crippen LogP contribution in [-0.4, -0.2) is 17.6 Å². The van der Waals surface area contributed by atoms with Gasteiger partial charge in [-0.1, -0.05) is 24.3 Å². The smallest absolute Gasteiger partial charge is 0.387 e. The van der Waals surface area contributed by atoms with Crippen LogP contribution in [0, 0.1) is 0 Å². The molecule has 0 radical (unpaired) electrons. The number of nitrogens with one attached hydrogen (secondary N) is 2. The maximum atomic E-state index is 12.7. The highest BCUT2D eigenvalue weighted by atomic mass is 19.3. The lowest BCUT2D eigenvalue weighted by atomic mass is 10.1. The second-order valence-electron chi connectivity index (χ2n) is 5.89. The van der Waals surface area contributed by atoms with Gasteiger partial charge >= 0.3 is 6.61 Å². The third kappa shape index (κ3) is 5.05. The van der Waals surface area contributed by atoms with Crippen LogP contribution >= 0.6 is 0 Å². The Labute approximate surface area is 160 Å². The summed E-state index contributed by atoms with van der Waals surface area (Å²) in [5.41, 5.74) is 2.84. The monoisotopic (exact) mass is 384 g/mol. The van der Waals surface area contributed by atoms with E-state index < -0.39 is 6.61 Å². The molecule has 0 spiro atoms. The van der Waals surface area contributed by atoms with Crippen LogP contribution in [0.1, 0.15) is 15.9 Å². The Bertz CT molecular complexity index is 946. The van der Waals surface area contributed by atoms with Crippen molar-refractivity contribution in [2.24, 2.45) is 0 Å². The molecule has 0 atom stereocenters. The topological polar surface area (TPSA) is 70.6 Å². The minimum Gasteiger partial charge on any atom is -0.435 e. The molecular weight excluding hydrogens is 366 g/mol. The molecule has 0 saturated heterocycles. The zero-order chi connectivity index (χ0) is 19.9. The van der Waals surface area contributed by atoms with Crippen molar-refractivity contribution in [3.05, 3.63) is 83.9 Å². The number of anilines is 3. The largest absolute Gasteiger partial charge is 0.435 e. The van der Waals surface area contributed by atoms with Crippen LogP contribution < -0.4 is 15.4 Å². The molecule has 7 heteroatoms. The maximum absolute atomic E-state index is 12.7. The molecule has 0 saturated carbocycles. The van der Waals surface area contributed by atoms with Gasteiger partial charge in [0, 0.05) is 11.4 Å². The van der Waals surface area contributed by atoms with E-state index in [1.165, 1.54) is 12.1 Å². The van der Waals surface area contributed by atoms with Crippen LogP contribution in [0.4, 0.5) is 25.8 Å². The van der Waals surface area contributed by atoms with Gasteiger partial charge in [0.05, 0.1) is 17.9 Å². The quantitative estimate of drug-likeness (QED) is 0.548. The lowest BCUT2D eigenvalue weighted by molar-refractivity contribution is -0.0498. The lowest BCUT2D eigenvalue weighted by Gasteiger charge is -2.13. The summed E-state index contributed by atoms with van der Waals surface area (Å²) >= 11 is 0. The number of ether oxygens (including phenoxy) is 1. The van der Waals surface area contributed by atoms with E-state index in [1.807, 2.05) is 0 Å². The number of rotatable bonds is 7. The Kier molecular flexibility index (Phi) is 6.18. The second kappa shape index (κ2) is 8.96. The number of halogens is 2. The molecule has 0 bridgehead atoms. The summed E-state index contributed by atoms with van der Waals surface area (Å²) in [5, 5.41) is 15.1. The van der Waals surface area contributed by atoms with E-state index in [0.29, 0.717) is 28.2 Å². The molecule has 0 aliphatic carbocycles. The third-order valence-corrected chi connectivity index (χ3v) is 3.90. The van der Waals surface area contributed by atoms with Gasteiger partial charge in [-0.05, 0) is 54.1 Å². The number of aliphatic hydroxyl groups is 1. The number of para-hydroxylation sites is 1. The Hall–Kier alpha value is -3.45. The fourth-order valence-corrected chi connectivity index (χ4v) is 2.61. The zero-order valence-corrected chi connectivity index (χ0v) is 14.7. The van der Waals surface area contributed by atoms with Gasteiger partial charge in [-0.15, -0.1) is 0 Å². The van der Waals surface area contributed by atoms with Crippen molar-refractivity contribution in [3.8, 4) is 5.75 Å². The fraction of sp³-hybridized carbons (Fsp3) is 0.0952. The van der Waals surface area contributed by atoms with E-state index in [4.69, 9.17) is 0 Å². The van der Waals surface area contributed by atoms with Gasteiger partial charge in [0.25, 0.3) is 5.91 Å². The van der Waals surface area contributed by atoms with Crippen LogP contribution in [0.25, 0.3) is 0 Å². The average molecular weight is 384 g/mol. The van der Waals surface area contributed by atoms with E-state index in [9.17, 15) is 18.7 Å².